The van der Waals surface area contributed by atoms with Gasteiger partial charge < -0.3 is 18.9 Å². The largest absolute Gasteiger partial charge is 0.459 e. The van der Waals surface area contributed by atoms with E-state index in [2.05, 4.69) is 0 Å². The molecule has 0 N–H and O–H groups in total. The number of rotatable bonds is 7. The molecule has 2 aromatic rings. The lowest BCUT2D eigenvalue weighted by Crippen LogP contribution is -2.33. The average molecular weight is 410 g/mol. The van der Waals surface area contributed by atoms with Crippen LogP contribution in [0.5, 0.6) is 0 Å². The normalized spacial score (nSPS) is 20.6. The molecule has 0 aliphatic carbocycles. The van der Waals surface area contributed by atoms with Crippen LogP contribution in [0.25, 0.3) is 6.08 Å². The highest BCUT2D eigenvalue weighted by Gasteiger charge is 2.42. The first-order valence-electron chi connectivity index (χ1n) is 9.82. The van der Waals surface area contributed by atoms with Gasteiger partial charge in [0.15, 0.2) is 5.79 Å². The zero-order chi connectivity index (χ0) is 21.6. The van der Waals surface area contributed by atoms with Gasteiger partial charge in [0.25, 0.3) is 0 Å². The molecule has 0 saturated carbocycles. The molecule has 0 bridgehead atoms. The lowest BCUT2D eigenvalue weighted by atomic mass is 10.1. The Morgan fingerprint density at radius 1 is 0.900 bits per heavy atom. The third kappa shape index (κ3) is 6.02. The van der Waals surface area contributed by atoms with Gasteiger partial charge in [-0.3, -0.25) is 0 Å². The minimum atomic E-state index is -0.865. The minimum Gasteiger partial charge on any atom is -0.459 e. The van der Waals surface area contributed by atoms with Crippen molar-refractivity contribution < 1.29 is 28.5 Å². The van der Waals surface area contributed by atoms with Gasteiger partial charge in [-0.15, -0.1) is 0 Å². The van der Waals surface area contributed by atoms with Crippen molar-refractivity contribution in [1.82, 2.24) is 0 Å². The number of hydrogen-bond donors (Lipinski definition) is 0. The van der Waals surface area contributed by atoms with Gasteiger partial charge in [-0.05, 0) is 44.5 Å². The van der Waals surface area contributed by atoms with Gasteiger partial charge in [0.05, 0.1) is 5.56 Å². The Balaban J connectivity index is 1.56. The van der Waals surface area contributed by atoms with Crippen LogP contribution in [0.15, 0.2) is 66.2 Å². The van der Waals surface area contributed by atoms with E-state index < -0.39 is 29.9 Å². The van der Waals surface area contributed by atoms with E-state index in [9.17, 15) is 9.59 Å². The van der Waals surface area contributed by atoms with E-state index in [0.29, 0.717) is 11.1 Å². The van der Waals surface area contributed by atoms with E-state index in [-0.39, 0.29) is 13.2 Å². The standard InChI is InChI=1S/C24H26O6/c1-17(14-18-10-6-4-7-11-18)22(25)27-15-20-21(30-24(2,3)29-20)16-28-23(26)19-12-8-5-9-13-19/h4-14,20-21H,15-16H2,1-3H3/b17-14+/t20-,21-/m0/s1. The molecule has 1 aliphatic heterocycles. The first kappa shape index (κ1) is 21.7. The van der Waals surface area contributed by atoms with Crippen molar-refractivity contribution in [2.75, 3.05) is 13.2 Å². The summed E-state index contributed by atoms with van der Waals surface area (Å²) in [6, 6.07) is 18.2. The Kier molecular flexibility index (Phi) is 7.03. The van der Waals surface area contributed by atoms with Crippen LogP contribution < -0.4 is 0 Å². The summed E-state index contributed by atoms with van der Waals surface area (Å²) in [5.41, 5.74) is 1.85. The van der Waals surface area contributed by atoms with Crippen LogP contribution in [-0.2, 0) is 23.7 Å². The van der Waals surface area contributed by atoms with E-state index in [1.165, 1.54) is 0 Å². The summed E-state index contributed by atoms with van der Waals surface area (Å²) in [6.45, 7) is 5.22. The molecule has 6 nitrogen and oxygen atoms in total. The second-order valence-electron chi connectivity index (χ2n) is 7.51. The van der Waals surface area contributed by atoms with Crippen molar-refractivity contribution in [1.29, 1.82) is 0 Å². The van der Waals surface area contributed by atoms with Crippen molar-refractivity contribution in [3.63, 3.8) is 0 Å². The smallest absolute Gasteiger partial charge is 0.338 e. The first-order chi connectivity index (χ1) is 14.3. The summed E-state index contributed by atoms with van der Waals surface area (Å²) >= 11 is 0. The quantitative estimate of drug-likeness (QED) is 0.507. The zero-order valence-corrected chi connectivity index (χ0v) is 17.4. The topological polar surface area (TPSA) is 71.1 Å². The monoisotopic (exact) mass is 410 g/mol. The van der Waals surface area contributed by atoms with Crippen molar-refractivity contribution in [3.8, 4) is 0 Å². The molecule has 2 atom stereocenters. The fourth-order valence-electron chi connectivity index (χ4n) is 3.14. The van der Waals surface area contributed by atoms with Gasteiger partial charge in [-0.25, -0.2) is 9.59 Å². The number of esters is 2. The minimum absolute atomic E-state index is 0.00177. The Bertz CT molecular complexity index is 888. The Morgan fingerprint density at radius 2 is 1.43 bits per heavy atom. The van der Waals surface area contributed by atoms with Crippen molar-refractivity contribution in [2.24, 2.45) is 0 Å². The molecule has 0 unspecified atom stereocenters. The summed E-state index contributed by atoms with van der Waals surface area (Å²) in [5, 5.41) is 0. The van der Waals surface area contributed by atoms with Gasteiger partial charge in [-0.1, -0.05) is 48.5 Å². The zero-order valence-electron chi connectivity index (χ0n) is 17.4. The predicted molar refractivity (Wildman–Crippen MR) is 112 cm³/mol. The summed E-state index contributed by atoms with van der Waals surface area (Å²) < 4.78 is 22.5. The third-order valence-electron chi connectivity index (χ3n) is 4.56. The van der Waals surface area contributed by atoms with Crippen LogP contribution in [0.1, 0.15) is 36.7 Å². The van der Waals surface area contributed by atoms with E-state index in [4.69, 9.17) is 18.9 Å². The highest BCUT2D eigenvalue weighted by molar-refractivity contribution is 5.93. The van der Waals surface area contributed by atoms with E-state index in [0.717, 1.165) is 5.56 Å². The number of carbonyl (C=O) groups is 2. The first-order valence-corrected chi connectivity index (χ1v) is 9.82. The maximum atomic E-state index is 12.4. The molecule has 3 rings (SSSR count). The molecule has 1 fully saturated rings. The molecule has 0 aromatic heterocycles. The van der Waals surface area contributed by atoms with Crippen molar-refractivity contribution in [3.05, 3.63) is 77.4 Å². The molecular formula is C24H26O6. The molecule has 6 heteroatoms. The number of ether oxygens (including phenoxy) is 4. The third-order valence-corrected chi connectivity index (χ3v) is 4.56. The SMILES string of the molecule is C/C(=C\c1ccccc1)C(=O)OC[C@@H]1OC(C)(C)O[C@H]1COC(=O)c1ccccc1. The van der Waals surface area contributed by atoms with Crippen LogP contribution in [0.4, 0.5) is 0 Å². The highest BCUT2D eigenvalue weighted by atomic mass is 16.8. The Morgan fingerprint density at radius 3 is 2.03 bits per heavy atom. The Hall–Kier alpha value is -2.96. The molecule has 158 valence electrons. The van der Waals surface area contributed by atoms with Gasteiger partial charge in [0.1, 0.15) is 25.4 Å². The Labute approximate surface area is 176 Å². The van der Waals surface area contributed by atoms with E-state index >= 15 is 0 Å². The fraction of sp³-hybridized carbons (Fsp3) is 0.333. The van der Waals surface area contributed by atoms with E-state index in [1.807, 2.05) is 36.4 Å². The molecule has 0 amide bonds. The second kappa shape index (κ2) is 9.69. The van der Waals surface area contributed by atoms with Crippen LogP contribution in [0, 0.1) is 0 Å². The van der Waals surface area contributed by atoms with Gasteiger partial charge >= 0.3 is 11.9 Å². The van der Waals surface area contributed by atoms with Crippen LogP contribution in [0.3, 0.4) is 0 Å². The summed E-state index contributed by atoms with van der Waals surface area (Å²) in [7, 11) is 0. The van der Waals surface area contributed by atoms with Crippen LogP contribution in [-0.4, -0.2) is 43.1 Å². The van der Waals surface area contributed by atoms with Crippen molar-refractivity contribution >= 4 is 18.0 Å². The van der Waals surface area contributed by atoms with Crippen LogP contribution >= 0.6 is 0 Å². The molecule has 1 heterocycles. The fourth-order valence-corrected chi connectivity index (χ4v) is 3.14. The molecule has 2 aromatic carbocycles. The van der Waals surface area contributed by atoms with Gasteiger partial charge in [0.2, 0.25) is 0 Å². The van der Waals surface area contributed by atoms with Crippen molar-refractivity contribution in [2.45, 2.75) is 38.8 Å². The summed E-state index contributed by atoms with van der Waals surface area (Å²) in [6.07, 6.45) is 0.674. The molecule has 30 heavy (non-hydrogen) atoms. The van der Waals surface area contributed by atoms with Crippen LogP contribution in [0.2, 0.25) is 0 Å². The number of carbonyl (C=O) groups excluding carboxylic acids is 2. The lowest BCUT2D eigenvalue weighted by Gasteiger charge is -2.17. The lowest BCUT2D eigenvalue weighted by molar-refractivity contribution is -0.158. The molecular weight excluding hydrogens is 384 g/mol. The molecule has 0 spiro atoms. The molecule has 0 radical (unpaired) electrons. The highest BCUT2D eigenvalue weighted by Crippen LogP contribution is 2.29. The summed E-state index contributed by atoms with van der Waals surface area (Å²) in [4.78, 5) is 24.5. The maximum absolute atomic E-state index is 12.4. The predicted octanol–water partition coefficient (Wildman–Crippen LogP) is 4.01. The van der Waals surface area contributed by atoms with Gasteiger partial charge in [0, 0.05) is 5.57 Å². The van der Waals surface area contributed by atoms with Gasteiger partial charge in [-0.2, -0.15) is 0 Å². The second-order valence-corrected chi connectivity index (χ2v) is 7.51. The average Bonchev–Trinajstić information content (AvgIpc) is 3.05. The number of hydrogen-bond acceptors (Lipinski definition) is 6. The number of benzene rings is 2. The molecule has 1 aliphatic rings. The summed E-state index contributed by atoms with van der Waals surface area (Å²) in [5.74, 6) is -1.75. The molecule has 1 saturated heterocycles. The maximum Gasteiger partial charge on any atom is 0.338 e. The van der Waals surface area contributed by atoms with E-state index in [1.54, 1.807) is 51.1 Å².